The number of β-amino-alcohol motifs (C(OH)–C–C–N with tert-alkyl or cyclic N) is 1. The van der Waals surface area contributed by atoms with Crippen molar-refractivity contribution in [3.05, 3.63) is 29.8 Å². The van der Waals surface area contributed by atoms with Crippen LogP contribution < -0.4 is 4.74 Å². The van der Waals surface area contributed by atoms with Crippen molar-refractivity contribution in [2.75, 3.05) is 32.9 Å². The number of ether oxygens (including phenoxy) is 2. The molecule has 1 heterocycles. The number of hydrogen-bond donors (Lipinski definition) is 1. The van der Waals surface area contributed by atoms with Crippen LogP contribution >= 0.6 is 0 Å². The van der Waals surface area contributed by atoms with Gasteiger partial charge in [-0.3, -0.25) is 4.90 Å². The zero-order chi connectivity index (χ0) is 15.3. The zero-order valence-corrected chi connectivity index (χ0v) is 13.3. The van der Waals surface area contributed by atoms with E-state index in [0.29, 0.717) is 19.8 Å². The molecule has 0 saturated carbocycles. The Labute approximate surface area is 127 Å². The van der Waals surface area contributed by atoms with Gasteiger partial charge < -0.3 is 14.6 Å². The maximum absolute atomic E-state index is 10.2. The van der Waals surface area contributed by atoms with E-state index in [1.807, 2.05) is 12.1 Å². The van der Waals surface area contributed by atoms with Gasteiger partial charge in [0, 0.05) is 18.6 Å². The van der Waals surface area contributed by atoms with E-state index in [0.717, 1.165) is 25.3 Å². The molecule has 1 fully saturated rings. The molecule has 4 heteroatoms. The summed E-state index contributed by atoms with van der Waals surface area (Å²) in [6.07, 6.45) is 0.530. The van der Waals surface area contributed by atoms with Crippen LogP contribution in [-0.2, 0) is 11.2 Å². The van der Waals surface area contributed by atoms with E-state index >= 15 is 0 Å². The molecule has 0 bridgehead atoms. The summed E-state index contributed by atoms with van der Waals surface area (Å²) in [7, 11) is 0. The third-order valence-corrected chi connectivity index (χ3v) is 4.02. The van der Waals surface area contributed by atoms with Crippen molar-refractivity contribution in [3.8, 4) is 5.75 Å². The van der Waals surface area contributed by atoms with Crippen LogP contribution in [0.5, 0.6) is 5.75 Å². The average molecular weight is 293 g/mol. The van der Waals surface area contributed by atoms with Crippen LogP contribution in [0.1, 0.15) is 26.3 Å². The molecule has 2 rings (SSSR count). The molecule has 1 N–H and O–H groups in total. The fourth-order valence-electron chi connectivity index (χ4n) is 2.55. The Hall–Kier alpha value is -1.10. The van der Waals surface area contributed by atoms with Gasteiger partial charge >= 0.3 is 0 Å². The lowest BCUT2D eigenvalue weighted by Gasteiger charge is -2.42. The van der Waals surface area contributed by atoms with Crippen LogP contribution in [0.3, 0.4) is 0 Å². The van der Waals surface area contributed by atoms with E-state index in [2.05, 4.69) is 37.8 Å². The first-order valence-electron chi connectivity index (χ1n) is 7.74. The molecule has 0 radical (unpaired) electrons. The van der Waals surface area contributed by atoms with Crippen molar-refractivity contribution in [3.63, 3.8) is 0 Å². The molecule has 21 heavy (non-hydrogen) atoms. The Bertz CT molecular complexity index is 430. The predicted molar refractivity (Wildman–Crippen MR) is 83.8 cm³/mol. The SMILES string of the molecule is CCc1ccc(OCC(O)CN2CCOCC2(C)C)cc1. The second kappa shape index (κ2) is 7.25. The third kappa shape index (κ3) is 4.70. The maximum Gasteiger partial charge on any atom is 0.119 e. The fraction of sp³-hybridized carbons (Fsp3) is 0.647. The van der Waals surface area contributed by atoms with Crippen LogP contribution in [0.15, 0.2) is 24.3 Å². The highest BCUT2D eigenvalue weighted by molar-refractivity contribution is 5.27. The molecule has 0 amide bonds. The van der Waals surface area contributed by atoms with Gasteiger partial charge in [-0.05, 0) is 38.0 Å². The van der Waals surface area contributed by atoms with Crippen molar-refractivity contribution in [2.24, 2.45) is 0 Å². The monoisotopic (exact) mass is 293 g/mol. The van der Waals surface area contributed by atoms with Crippen molar-refractivity contribution in [2.45, 2.75) is 38.8 Å². The van der Waals surface area contributed by atoms with E-state index in [-0.39, 0.29) is 5.54 Å². The molecular formula is C17H27NO3. The molecule has 0 aliphatic carbocycles. The summed E-state index contributed by atoms with van der Waals surface area (Å²) < 4.78 is 11.2. The minimum atomic E-state index is -0.492. The Balaban J connectivity index is 1.79. The molecule has 1 aliphatic rings. The topological polar surface area (TPSA) is 41.9 Å². The summed E-state index contributed by atoms with van der Waals surface area (Å²) >= 11 is 0. The lowest BCUT2D eigenvalue weighted by molar-refractivity contribution is -0.0703. The average Bonchev–Trinajstić information content (AvgIpc) is 2.48. The number of nitrogens with zero attached hydrogens (tertiary/aromatic N) is 1. The first-order chi connectivity index (χ1) is 10.0. The molecule has 1 aliphatic heterocycles. The minimum absolute atomic E-state index is 0.0258. The Kier molecular flexibility index (Phi) is 5.62. The van der Waals surface area contributed by atoms with Crippen LogP contribution in [0.4, 0.5) is 0 Å². The number of morpholine rings is 1. The molecule has 1 saturated heterocycles. The fourth-order valence-corrected chi connectivity index (χ4v) is 2.55. The van der Waals surface area contributed by atoms with E-state index in [1.165, 1.54) is 5.56 Å². The van der Waals surface area contributed by atoms with Crippen molar-refractivity contribution >= 4 is 0 Å². The van der Waals surface area contributed by atoms with E-state index < -0.39 is 6.10 Å². The molecular weight excluding hydrogens is 266 g/mol. The van der Waals surface area contributed by atoms with E-state index in [4.69, 9.17) is 9.47 Å². The second-order valence-electron chi connectivity index (χ2n) is 6.27. The molecule has 1 aromatic carbocycles. The molecule has 4 nitrogen and oxygen atoms in total. The largest absolute Gasteiger partial charge is 0.491 e. The molecule has 0 aromatic heterocycles. The number of hydrogen-bond acceptors (Lipinski definition) is 4. The van der Waals surface area contributed by atoms with Crippen LogP contribution in [0.25, 0.3) is 0 Å². The van der Waals surface area contributed by atoms with Crippen LogP contribution in [-0.4, -0.2) is 54.6 Å². The number of benzene rings is 1. The summed E-state index contributed by atoms with van der Waals surface area (Å²) in [5.41, 5.74) is 1.26. The Morgan fingerprint density at radius 1 is 1.33 bits per heavy atom. The second-order valence-corrected chi connectivity index (χ2v) is 6.27. The molecule has 1 unspecified atom stereocenters. The van der Waals surface area contributed by atoms with E-state index in [1.54, 1.807) is 0 Å². The van der Waals surface area contributed by atoms with E-state index in [9.17, 15) is 5.11 Å². The van der Waals surface area contributed by atoms with Gasteiger partial charge in [0.25, 0.3) is 0 Å². The van der Waals surface area contributed by atoms with Crippen LogP contribution in [0, 0.1) is 0 Å². The highest BCUT2D eigenvalue weighted by Gasteiger charge is 2.31. The smallest absolute Gasteiger partial charge is 0.119 e. The van der Waals surface area contributed by atoms with Gasteiger partial charge in [0.15, 0.2) is 0 Å². The normalized spacial score (nSPS) is 20.2. The van der Waals surface area contributed by atoms with Crippen molar-refractivity contribution in [1.29, 1.82) is 0 Å². The van der Waals surface area contributed by atoms with Gasteiger partial charge in [-0.2, -0.15) is 0 Å². The number of rotatable bonds is 6. The lowest BCUT2D eigenvalue weighted by atomic mass is 10.0. The number of aliphatic hydroxyl groups is 1. The summed E-state index contributed by atoms with van der Waals surface area (Å²) in [4.78, 5) is 2.27. The predicted octanol–water partition coefficient (Wildman–Crippen LogP) is 2.10. The highest BCUT2D eigenvalue weighted by atomic mass is 16.5. The zero-order valence-electron chi connectivity index (χ0n) is 13.3. The Morgan fingerprint density at radius 3 is 2.67 bits per heavy atom. The van der Waals surface area contributed by atoms with Gasteiger partial charge in [0.1, 0.15) is 18.5 Å². The molecule has 1 aromatic rings. The van der Waals surface area contributed by atoms with Crippen LogP contribution in [0.2, 0.25) is 0 Å². The van der Waals surface area contributed by atoms with Gasteiger partial charge in [0.05, 0.1) is 13.2 Å². The standard InChI is InChI=1S/C17H27NO3/c1-4-14-5-7-16(8-6-14)21-12-15(19)11-18-9-10-20-13-17(18,2)3/h5-8,15,19H,4,9-13H2,1-3H3. The van der Waals surface area contributed by atoms with Gasteiger partial charge in [-0.15, -0.1) is 0 Å². The number of aliphatic hydroxyl groups excluding tert-OH is 1. The third-order valence-electron chi connectivity index (χ3n) is 4.02. The highest BCUT2D eigenvalue weighted by Crippen LogP contribution is 2.19. The van der Waals surface area contributed by atoms with Gasteiger partial charge in [-0.1, -0.05) is 19.1 Å². The summed E-state index contributed by atoms with van der Waals surface area (Å²) in [5, 5.41) is 10.2. The number of aryl methyl sites for hydroxylation is 1. The van der Waals surface area contributed by atoms with Gasteiger partial charge in [-0.25, -0.2) is 0 Å². The summed E-state index contributed by atoms with van der Waals surface area (Å²) in [6, 6.07) is 8.05. The Morgan fingerprint density at radius 2 is 2.05 bits per heavy atom. The minimum Gasteiger partial charge on any atom is -0.491 e. The van der Waals surface area contributed by atoms with Crippen molar-refractivity contribution < 1.29 is 14.6 Å². The molecule has 0 spiro atoms. The first kappa shape index (κ1) is 16.3. The maximum atomic E-state index is 10.2. The van der Waals surface area contributed by atoms with Gasteiger partial charge in [0.2, 0.25) is 0 Å². The first-order valence-corrected chi connectivity index (χ1v) is 7.74. The molecule has 118 valence electrons. The quantitative estimate of drug-likeness (QED) is 0.872. The summed E-state index contributed by atoms with van der Waals surface area (Å²) in [6.45, 7) is 9.64. The lowest BCUT2D eigenvalue weighted by Crippen LogP contribution is -2.55. The summed E-state index contributed by atoms with van der Waals surface area (Å²) in [5.74, 6) is 0.812. The van der Waals surface area contributed by atoms with Crippen molar-refractivity contribution in [1.82, 2.24) is 4.90 Å². The molecule has 1 atom stereocenters.